The first-order valence-electron chi connectivity index (χ1n) is 5.81. The van der Waals surface area contributed by atoms with Crippen LogP contribution in [0, 0.1) is 0 Å². The fourth-order valence-corrected chi connectivity index (χ4v) is 2.02. The first kappa shape index (κ1) is 15.8. The Balaban J connectivity index is 2.63. The van der Waals surface area contributed by atoms with E-state index < -0.39 is 0 Å². The largest absolute Gasteiger partial charge is 0.466 e. The van der Waals surface area contributed by atoms with Crippen molar-refractivity contribution in [1.29, 1.82) is 0 Å². The minimum Gasteiger partial charge on any atom is -0.466 e. The number of carbonyl (C=O) groups excluding carboxylic acids is 2. The number of halogens is 2. The van der Waals surface area contributed by atoms with Crippen molar-refractivity contribution < 1.29 is 14.3 Å². The van der Waals surface area contributed by atoms with Crippen molar-refractivity contribution in [3.05, 3.63) is 33.8 Å². The number of hydrogen-bond donors (Lipinski definition) is 0. The van der Waals surface area contributed by atoms with Crippen LogP contribution in [0.25, 0.3) is 0 Å². The van der Waals surface area contributed by atoms with Gasteiger partial charge in [0, 0.05) is 29.2 Å². The molecule has 0 saturated carbocycles. The second kappa shape index (κ2) is 7.36. The summed E-state index contributed by atoms with van der Waals surface area (Å²) in [5, 5.41) is 0.796. The van der Waals surface area contributed by atoms with Crippen molar-refractivity contribution in [2.24, 2.45) is 0 Å². The van der Waals surface area contributed by atoms with Crippen LogP contribution in [-0.2, 0) is 9.53 Å². The Morgan fingerprint density at radius 1 is 1.21 bits per heavy atom. The highest BCUT2D eigenvalue weighted by atomic mass is 35.5. The Morgan fingerprint density at radius 2 is 1.79 bits per heavy atom. The average Bonchev–Trinajstić information content (AvgIpc) is 2.34. The molecule has 0 bridgehead atoms. The van der Waals surface area contributed by atoms with Crippen LogP contribution < -0.4 is 0 Å². The molecule has 6 heteroatoms. The smallest absolute Gasteiger partial charge is 0.307 e. The SMILES string of the molecule is CCOC(=O)CCN(C)C(=O)c1cc(Cl)cc(Cl)c1. The number of hydrogen-bond acceptors (Lipinski definition) is 3. The summed E-state index contributed by atoms with van der Waals surface area (Å²) in [4.78, 5) is 24.7. The van der Waals surface area contributed by atoms with E-state index in [1.54, 1.807) is 20.0 Å². The highest BCUT2D eigenvalue weighted by Gasteiger charge is 2.14. The molecule has 19 heavy (non-hydrogen) atoms. The number of ether oxygens (including phenoxy) is 1. The molecular weight excluding hydrogens is 289 g/mol. The lowest BCUT2D eigenvalue weighted by Gasteiger charge is -2.17. The standard InChI is InChI=1S/C13H15Cl2NO3/c1-3-19-12(17)4-5-16(2)13(18)9-6-10(14)8-11(15)7-9/h6-8H,3-5H2,1-2H3. The molecule has 0 unspecified atom stereocenters. The molecule has 1 rings (SSSR count). The summed E-state index contributed by atoms with van der Waals surface area (Å²) in [7, 11) is 1.61. The minimum atomic E-state index is -0.328. The Labute approximate surface area is 122 Å². The fourth-order valence-electron chi connectivity index (χ4n) is 1.49. The molecule has 1 amide bonds. The molecule has 0 radical (unpaired) electrons. The number of nitrogens with zero attached hydrogens (tertiary/aromatic N) is 1. The lowest BCUT2D eigenvalue weighted by atomic mass is 10.2. The summed E-state index contributed by atoms with van der Waals surface area (Å²) in [5.74, 6) is -0.569. The van der Waals surface area contributed by atoms with Gasteiger partial charge in [0.05, 0.1) is 13.0 Å². The van der Waals surface area contributed by atoms with E-state index in [9.17, 15) is 9.59 Å². The highest BCUT2D eigenvalue weighted by Crippen LogP contribution is 2.20. The molecule has 0 aliphatic carbocycles. The molecule has 104 valence electrons. The molecule has 1 aromatic rings. The van der Waals surface area contributed by atoms with Gasteiger partial charge in [-0.3, -0.25) is 9.59 Å². The third kappa shape index (κ3) is 5.09. The number of esters is 1. The van der Waals surface area contributed by atoms with Gasteiger partial charge in [-0.2, -0.15) is 0 Å². The van der Waals surface area contributed by atoms with Crippen molar-refractivity contribution in [2.75, 3.05) is 20.2 Å². The summed E-state index contributed by atoms with van der Waals surface area (Å²) < 4.78 is 4.80. The molecule has 0 fully saturated rings. The predicted octanol–water partition coefficient (Wildman–Crippen LogP) is 3.02. The van der Waals surface area contributed by atoms with Gasteiger partial charge in [-0.05, 0) is 25.1 Å². The molecular formula is C13H15Cl2NO3. The van der Waals surface area contributed by atoms with Crippen LogP contribution in [0.3, 0.4) is 0 Å². The van der Waals surface area contributed by atoms with E-state index in [-0.39, 0.29) is 24.8 Å². The van der Waals surface area contributed by atoms with Gasteiger partial charge in [0.2, 0.25) is 0 Å². The van der Waals surface area contributed by atoms with E-state index in [1.807, 2.05) is 0 Å². The minimum absolute atomic E-state index is 0.157. The van der Waals surface area contributed by atoms with E-state index in [0.717, 1.165) is 0 Å². The molecule has 0 N–H and O–H groups in total. The molecule has 0 atom stereocenters. The van der Waals surface area contributed by atoms with Gasteiger partial charge in [0.15, 0.2) is 0 Å². The van der Waals surface area contributed by atoms with Crippen molar-refractivity contribution in [1.82, 2.24) is 4.90 Å². The molecule has 0 aromatic heterocycles. The normalized spacial score (nSPS) is 10.1. The number of amides is 1. The van der Waals surface area contributed by atoms with Gasteiger partial charge >= 0.3 is 5.97 Å². The van der Waals surface area contributed by atoms with E-state index in [0.29, 0.717) is 22.2 Å². The third-order valence-electron chi connectivity index (χ3n) is 2.41. The fraction of sp³-hybridized carbons (Fsp3) is 0.385. The van der Waals surface area contributed by atoms with Crippen molar-refractivity contribution in [3.8, 4) is 0 Å². The van der Waals surface area contributed by atoms with Gasteiger partial charge in [-0.15, -0.1) is 0 Å². The van der Waals surface area contributed by atoms with Crippen molar-refractivity contribution in [3.63, 3.8) is 0 Å². The zero-order chi connectivity index (χ0) is 14.4. The van der Waals surface area contributed by atoms with Gasteiger partial charge < -0.3 is 9.64 Å². The molecule has 1 aromatic carbocycles. The Morgan fingerprint density at radius 3 is 2.32 bits per heavy atom. The molecule has 0 saturated heterocycles. The zero-order valence-corrected chi connectivity index (χ0v) is 12.3. The van der Waals surface area contributed by atoms with Crippen molar-refractivity contribution in [2.45, 2.75) is 13.3 Å². The van der Waals surface area contributed by atoms with Crippen LogP contribution in [0.15, 0.2) is 18.2 Å². The number of rotatable bonds is 5. The van der Waals surface area contributed by atoms with Crippen LogP contribution in [0.2, 0.25) is 10.0 Å². The quantitative estimate of drug-likeness (QED) is 0.786. The zero-order valence-electron chi connectivity index (χ0n) is 10.8. The average molecular weight is 304 g/mol. The third-order valence-corrected chi connectivity index (χ3v) is 2.85. The number of carbonyl (C=O) groups is 2. The monoisotopic (exact) mass is 303 g/mol. The van der Waals surface area contributed by atoms with Crippen LogP contribution in [-0.4, -0.2) is 37.0 Å². The molecule has 0 aliphatic rings. The summed E-state index contributed by atoms with van der Waals surface area (Å²) in [6.45, 7) is 2.35. The van der Waals surface area contributed by atoms with Crippen LogP contribution in [0.4, 0.5) is 0 Å². The van der Waals surface area contributed by atoms with E-state index in [4.69, 9.17) is 27.9 Å². The van der Waals surface area contributed by atoms with E-state index >= 15 is 0 Å². The maximum absolute atomic E-state index is 12.1. The molecule has 0 spiro atoms. The highest BCUT2D eigenvalue weighted by molar-refractivity contribution is 6.35. The topological polar surface area (TPSA) is 46.6 Å². The predicted molar refractivity (Wildman–Crippen MR) is 74.7 cm³/mol. The van der Waals surface area contributed by atoms with Crippen molar-refractivity contribution >= 4 is 35.1 Å². The Bertz CT molecular complexity index is 457. The molecule has 0 aliphatic heterocycles. The summed E-state index contributed by atoms with van der Waals surface area (Å²) in [6, 6.07) is 4.63. The molecule has 0 heterocycles. The first-order valence-corrected chi connectivity index (χ1v) is 6.56. The summed E-state index contributed by atoms with van der Waals surface area (Å²) in [5.41, 5.74) is 0.392. The van der Waals surface area contributed by atoms with Gasteiger partial charge in [-0.25, -0.2) is 0 Å². The van der Waals surface area contributed by atoms with Crippen LogP contribution in [0.1, 0.15) is 23.7 Å². The number of benzene rings is 1. The second-order valence-corrected chi connectivity index (χ2v) is 4.81. The maximum atomic E-state index is 12.1. The molecule has 4 nitrogen and oxygen atoms in total. The summed E-state index contributed by atoms with van der Waals surface area (Å²) >= 11 is 11.7. The Hall–Kier alpha value is -1.26. The van der Waals surface area contributed by atoms with Crippen LogP contribution >= 0.6 is 23.2 Å². The van der Waals surface area contributed by atoms with Gasteiger partial charge in [0.1, 0.15) is 0 Å². The maximum Gasteiger partial charge on any atom is 0.307 e. The van der Waals surface area contributed by atoms with Gasteiger partial charge in [-0.1, -0.05) is 23.2 Å². The van der Waals surface area contributed by atoms with Crippen LogP contribution in [0.5, 0.6) is 0 Å². The van der Waals surface area contributed by atoms with E-state index in [2.05, 4.69) is 0 Å². The first-order chi connectivity index (χ1) is 8.93. The van der Waals surface area contributed by atoms with Gasteiger partial charge in [0.25, 0.3) is 5.91 Å². The lowest BCUT2D eigenvalue weighted by Crippen LogP contribution is -2.29. The summed E-state index contributed by atoms with van der Waals surface area (Å²) in [6.07, 6.45) is 0.157. The van der Waals surface area contributed by atoms with E-state index in [1.165, 1.54) is 17.0 Å². The Kier molecular flexibility index (Phi) is 6.12. The second-order valence-electron chi connectivity index (χ2n) is 3.94. The lowest BCUT2D eigenvalue weighted by molar-refractivity contribution is -0.143.